The van der Waals surface area contributed by atoms with E-state index in [0.717, 1.165) is 42.8 Å². The molecule has 3 unspecified atom stereocenters. The molecule has 216 valence electrons. The van der Waals surface area contributed by atoms with Gasteiger partial charge in [0.2, 0.25) is 12.1 Å². The van der Waals surface area contributed by atoms with Gasteiger partial charge in [-0.15, -0.1) is 0 Å². The zero-order valence-electron chi connectivity index (χ0n) is 23.3. The number of aromatic nitrogens is 2. The zero-order chi connectivity index (χ0) is 28.2. The molecular formula is C30H36N6O5. The van der Waals surface area contributed by atoms with Crippen LogP contribution in [0.3, 0.4) is 0 Å². The van der Waals surface area contributed by atoms with Crippen molar-refractivity contribution in [2.75, 3.05) is 49.7 Å². The summed E-state index contributed by atoms with van der Waals surface area (Å²) < 4.78 is 17.2. The summed E-state index contributed by atoms with van der Waals surface area (Å²) in [5.74, 6) is 1.64. The molecular weight excluding hydrogens is 524 g/mol. The number of rotatable bonds is 7. The Morgan fingerprint density at radius 1 is 1.15 bits per heavy atom. The van der Waals surface area contributed by atoms with Crippen LogP contribution in [-0.4, -0.2) is 84.8 Å². The van der Waals surface area contributed by atoms with Crippen LogP contribution in [0.1, 0.15) is 50.6 Å². The van der Waals surface area contributed by atoms with Crippen molar-refractivity contribution < 1.29 is 23.8 Å². The van der Waals surface area contributed by atoms with Gasteiger partial charge >= 0.3 is 6.09 Å². The molecule has 11 heteroatoms. The third-order valence-corrected chi connectivity index (χ3v) is 7.84. The van der Waals surface area contributed by atoms with Crippen LogP contribution in [0.4, 0.5) is 16.3 Å². The Bertz CT molecular complexity index is 1340. The Balaban J connectivity index is 1.25. The van der Waals surface area contributed by atoms with E-state index < -0.39 is 12.1 Å². The zero-order valence-corrected chi connectivity index (χ0v) is 23.3. The lowest BCUT2D eigenvalue weighted by Gasteiger charge is -2.33. The lowest BCUT2D eigenvalue weighted by molar-refractivity contribution is -0.121. The van der Waals surface area contributed by atoms with Crippen LogP contribution in [0.15, 0.2) is 41.4 Å². The molecule has 4 aliphatic rings. The van der Waals surface area contributed by atoms with E-state index in [1.807, 2.05) is 37.3 Å². The Labute approximate surface area is 239 Å². The molecule has 2 saturated heterocycles. The second-order valence-corrected chi connectivity index (χ2v) is 10.6. The highest BCUT2D eigenvalue weighted by Crippen LogP contribution is 2.45. The number of ether oxygens (including phenoxy) is 3. The van der Waals surface area contributed by atoms with E-state index in [4.69, 9.17) is 24.2 Å². The van der Waals surface area contributed by atoms with Crippen LogP contribution in [0.25, 0.3) is 11.4 Å². The second kappa shape index (κ2) is 12.3. The first-order chi connectivity index (χ1) is 20.1. The smallest absolute Gasteiger partial charge is 0.410 e. The summed E-state index contributed by atoms with van der Waals surface area (Å²) in [5.41, 5.74) is 2.19. The molecule has 11 nitrogen and oxygen atoms in total. The minimum Gasteiger partial charge on any atom is -0.462 e. The van der Waals surface area contributed by atoms with Gasteiger partial charge in [0.05, 0.1) is 25.7 Å². The number of morpholine rings is 1. The van der Waals surface area contributed by atoms with Crippen LogP contribution >= 0.6 is 0 Å². The number of nitrogens with zero attached hydrogens (tertiary/aromatic N) is 5. The van der Waals surface area contributed by atoms with Crippen molar-refractivity contribution in [3.63, 3.8) is 0 Å². The summed E-state index contributed by atoms with van der Waals surface area (Å²) in [7, 11) is 0. The Hall–Kier alpha value is -3.99. The lowest BCUT2D eigenvalue weighted by atomic mass is 10.0. The van der Waals surface area contributed by atoms with Gasteiger partial charge in [-0.1, -0.05) is 31.6 Å². The van der Waals surface area contributed by atoms with Crippen molar-refractivity contribution in [2.45, 2.75) is 57.2 Å². The molecule has 4 aliphatic heterocycles. The Morgan fingerprint density at radius 2 is 2.02 bits per heavy atom. The summed E-state index contributed by atoms with van der Waals surface area (Å²) in [6.07, 6.45) is 9.04. The quantitative estimate of drug-likeness (QED) is 0.502. The summed E-state index contributed by atoms with van der Waals surface area (Å²) in [6.45, 7) is 5.56. The first-order valence-corrected chi connectivity index (χ1v) is 14.6. The molecule has 2 amide bonds. The molecule has 2 fully saturated rings. The molecule has 0 bridgehead atoms. The number of anilines is 2. The summed E-state index contributed by atoms with van der Waals surface area (Å²) in [5, 5.41) is 3.02. The van der Waals surface area contributed by atoms with Crippen molar-refractivity contribution in [1.29, 1.82) is 0 Å². The van der Waals surface area contributed by atoms with Crippen LogP contribution in [-0.2, 0) is 14.3 Å². The van der Waals surface area contributed by atoms with E-state index in [2.05, 4.69) is 21.3 Å². The van der Waals surface area contributed by atoms with E-state index in [0.29, 0.717) is 63.1 Å². The van der Waals surface area contributed by atoms with Crippen molar-refractivity contribution in [3.8, 4) is 17.1 Å². The fraction of sp³-hybridized carbons (Fsp3) is 0.500. The van der Waals surface area contributed by atoms with E-state index in [1.54, 1.807) is 11.1 Å². The number of carbonyl (C=O) groups is 2. The summed E-state index contributed by atoms with van der Waals surface area (Å²) >= 11 is 0. The van der Waals surface area contributed by atoms with Crippen LogP contribution in [0.5, 0.6) is 5.75 Å². The topological polar surface area (TPSA) is 118 Å². The lowest BCUT2D eigenvalue weighted by Crippen LogP contribution is -2.50. The molecule has 0 saturated carbocycles. The number of carbonyl (C=O) groups excluding carboxylic acids is 2. The number of nitrogens with one attached hydrogen (secondary N) is 1. The van der Waals surface area contributed by atoms with Gasteiger partial charge in [-0.25, -0.2) is 19.8 Å². The number of hydrogen-bond acceptors (Lipinski definition) is 9. The number of unbranched alkanes of at least 4 members (excludes halogenated alkanes) is 1. The van der Waals surface area contributed by atoms with Crippen LogP contribution in [0.2, 0.25) is 0 Å². The molecule has 1 N–H and O–H groups in total. The van der Waals surface area contributed by atoms with Crippen molar-refractivity contribution in [3.05, 3.63) is 42.1 Å². The number of aliphatic imine (C=N–C) groups is 1. The van der Waals surface area contributed by atoms with Gasteiger partial charge in [-0.05, 0) is 43.9 Å². The second-order valence-electron chi connectivity index (χ2n) is 10.6. The van der Waals surface area contributed by atoms with E-state index in [1.165, 1.54) is 0 Å². The first kappa shape index (κ1) is 27.2. The monoisotopic (exact) mass is 560 g/mol. The summed E-state index contributed by atoms with van der Waals surface area (Å²) in [4.78, 5) is 44.2. The molecule has 5 heterocycles. The van der Waals surface area contributed by atoms with Crippen molar-refractivity contribution in [1.82, 2.24) is 14.9 Å². The average Bonchev–Trinajstić information content (AvgIpc) is 3.40. The minimum atomic E-state index is -0.571. The normalized spacial score (nSPS) is 23.0. The molecule has 1 aromatic heterocycles. The Morgan fingerprint density at radius 3 is 2.88 bits per heavy atom. The van der Waals surface area contributed by atoms with Gasteiger partial charge < -0.3 is 24.4 Å². The maximum Gasteiger partial charge on any atom is 0.410 e. The number of likely N-dealkylation sites (tertiary alicyclic amines) is 1. The van der Waals surface area contributed by atoms with Crippen LogP contribution in [0, 0.1) is 0 Å². The largest absolute Gasteiger partial charge is 0.462 e. The maximum absolute atomic E-state index is 13.4. The van der Waals surface area contributed by atoms with Gasteiger partial charge in [0.1, 0.15) is 11.7 Å². The Kier molecular flexibility index (Phi) is 8.13. The number of benzene rings is 1. The third kappa shape index (κ3) is 5.76. The molecule has 3 atom stereocenters. The molecule has 1 aromatic carbocycles. The SMILES string of the molecule is CCCCOC(=O)N1CCCCC1C(=O)Nc1cccc(-c2nc3c(c(N4CCOCC4)n2)OC2N=CC=CC32)c1. The number of allylic oxidation sites excluding steroid dienone is 1. The highest BCUT2D eigenvalue weighted by atomic mass is 16.6. The number of amides is 2. The average molecular weight is 561 g/mol. The fourth-order valence-electron chi connectivity index (χ4n) is 5.63. The fourth-order valence-corrected chi connectivity index (χ4v) is 5.63. The third-order valence-electron chi connectivity index (χ3n) is 7.84. The molecule has 2 aromatic rings. The van der Waals surface area contributed by atoms with Crippen molar-refractivity contribution in [2.24, 2.45) is 4.99 Å². The van der Waals surface area contributed by atoms with E-state index in [9.17, 15) is 9.59 Å². The molecule has 41 heavy (non-hydrogen) atoms. The molecule has 6 rings (SSSR count). The first-order valence-electron chi connectivity index (χ1n) is 14.6. The van der Waals surface area contributed by atoms with Gasteiger partial charge in [-0.3, -0.25) is 9.69 Å². The number of piperidine rings is 1. The van der Waals surface area contributed by atoms with Crippen molar-refractivity contribution >= 4 is 29.7 Å². The van der Waals surface area contributed by atoms with Gasteiger partial charge in [0, 0.05) is 37.1 Å². The highest BCUT2D eigenvalue weighted by molar-refractivity contribution is 5.97. The molecule has 0 radical (unpaired) electrons. The predicted octanol–water partition coefficient (Wildman–Crippen LogP) is 4.15. The van der Waals surface area contributed by atoms with Crippen LogP contribution < -0.4 is 15.0 Å². The van der Waals surface area contributed by atoms with Gasteiger partial charge in [-0.2, -0.15) is 0 Å². The maximum atomic E-state index is 13.4. The summed E-state index contributed by atoms with van der Waals surface area (Å²) in [6, 6.07) is 6.94. The van der Waals surface area contributed by atoms with Gasteiger partial charge in [0.15, 0.2) is 17.4 Å². The minimum absolute atomic E-state index is 0.0891. The predicted molar refractivity (Wildman–Crippen MR) is 155 cm³/mol. The highest BCUT2D eigenvalue weighted by Gasteiger charge is 2.39. The molecule has 0 spiro atoms. The number of dihydropyridines is 1. The number of fused-ring (bicyclic) bond motifs is 3. The number of hydrogen-bond donors (Lipinski definition) is 1. The molecule has 0 aliphatic carbocycles. The standard InChI is InChI=1S/C30H36N6O5/c1-2-3-16-40-30(38)36-13-5-4-11-23(36)28(37)32-21-9-6-8-20(19-21)26-33-24-22-10-7-12-31-29(22)41-25(24)27(34-26)35-14-17-39-18-15-35/h6-10,12,19,22-23,29H,2-5,11,13-18H2,1H3,(H,32,37). The van der Waals surface area contributed by atoms with E-state index >= 15 is 0 Å². The van der Waals surface area contributed by atoms with E-state index in [-0.39, 0.29) is 18.1 Å². The van der Waals surface area contributed by atoms with Gasteiger partial charge in [0.25, 0.3) is 0 Å².